The molecule has 0 aliphatic rings. The van der Waals surface area contributed by atoms with Crippen molar-refractivity contribution in [2.75, 3.05) is 13.2 Å². The van der Waals surface area contributed by atoms with Crippen LogP contribution in [0.5, 0.6) is 0 Å². The zero-order chi connectivity index (χ0) is 15.2. The molecule has 1 aromatic rings. The van der Waals surface area contributed by atoms with E-state index in [1.807, 2.05) is 19.1 Å². The molecule has 0 aliphatic carbocycles. The maximum atomic E-state index is 14.1. The van der Waals surface area contributed by atoms with Crippen molar-refractivity contribution in [3.05, 3.63) is 41.5 Å². The number of halogens is 2. The summed E-state index contributed by atoms with van der Waals surface area (Å²) in [4.78, 5) is 0. The Balaban J connectivity index is 3.03. The van der Waals surface area contributed by atoms with E-state index in [2.05, 4.69) is 9.05 Å². The van der Waals surface area contributed by atoms with E-state index in [0.717, 1.165) is 5.56 Å². The van der Waals surface area contributed by atoms with Gasteiger partial charge in [-0.3, -0.25) is 4.57 Å². The standard InChI is InChI=1S/C14H19F2O3P/c1-4-18-20(17,19-5-2)14(15,16)11-10-13-9-7-6-8-12(13)3/h6-11H,4-5H2,1-3H3/b11-10+. The highest BCUT2D eigenvalue weighted by atomic mass is 31.2. The summed E-state index contributed by atoms with van der Waals surface area (Å²) in [6.45, 7) is 4.58. The zero-order valence-corrected chi connectivity index (χ0v) is 12.7. The van der Waals surface area contributed by atoms with Crippen LogP contribution in [-0.4, -0.2) is 18.9 Å². The van der Waals surface area contributed by atoms with Gasteiger partial charge in [-0.05, 0) is 38.0 Å². The van der Waals surface area contributed by atoms with Gasteiger partial charge in [0.05, 0.1) is 13.2 Å². The molecule has 1 rings (SSSR count). The Morgan fingerprint density at radius 1 is 1.20 bits per heavy atom. The van der Waals surface area contributed by atoms with Gasteiger partial charge in [0, 0.05) is 0 Å². The van der Waals surface area contributed by atoms with Crippen molar-refractivity contribution in [2.45, 2.75) is 26.4 Å². The number of benzene rings is 1. The highest BCUT2D eigenvalue weighted by Crippen LogP contribution is 2.62. The molecule has 0 saturated heterocycles. The molecule has 0 unspecified atom stereocenters. The molecular weight excluding hydrogens is 285 g/mol. The van der Waals surface area contributed by atoms with Crippen molar-refractivity contribution in [1.82, 2.24) is 0 Å². The van der Waals surface area contributed by atoms with Crippen molar-refractivity contribution >= 4 is 13.7 Å². The fourth-order valence-corrected chi connectivity index (χ4v) is 2.96. The zero-order valence-electron chi connectivity index (χ0n) is 11.8. The number of hydrogen-bond donors (Lipinski definition) is 0. The van der Waals surface area contributed by atoms with E-state index in [0.29, 0.717) is 11.6 Å². The lowest BCUT2D eigenvalue weighted by atomic mass is 10.1. The Morgan fingerprint density at radius 2 is 1.75 bits per heavy atom. The number of rotatable bonds is 7. The van der Waals surface area contributed by atoms with Crippen LogP contribution in [0.2, 0.25) is 0 Å². The van der Waals surface area contributed by atoms with Crippen LogP contribution in [0, 0.1) is 6.92 Å². The Labute approximate surface area is 118 Å². The van der Waals surface area contributed by atoms with Gasteiger partial charge in [-0.1, -0.05) is 30.3 Å². The number of alkyl halides is 2. The molecule has 1 aromatic carbocycles. The average Bonchev–Trinajstić information content (AvgIpc) is 2.38. The van der Waals surface area contributed by atoms with Gasteiger partial charge in [0.25, 0.3) is 0 Å². The van der Waals surface area contributed by atoms with Gasteiger partial charge in [0.1, 0.15) is 0 Å². The summed E-state index contributed by atoms with van der Waals surface area (Å²) in [6, 6.07) is 7.07. The summed E-state index contributed by atoms with van der Waals surface area (Å²) in [5.41, 5.74) is -2.18. The van der Waals surface area contributed by atoms with Gasteiger partial charge in [-0.2, -0.15) is 8.78 Å². The van der Waals surface area contributed by atoms with Crippen molar-refractivity contribution in [2.24, 2.45) is 0 Å². The Morgan fingerprint density at radius 3 is 2.25 bits per heavy atom. The minimum atomic E-state index is -4.49. The molecule has 0 spiro atoms. The van der Waals surface area contributed by atoms with Crippen LogP contribution < -0.4 is 0 Å². The lowest BCUT2D eigenvalue weighted by Crippen LogP contribution is -2.17. The molecule has 0 heterocycles. The predicted octanol–water partition coefficient (Wildman–Crippen LogP) is 4.87. The van der Waals surface area contributed by atoms with E-state index in [-0.39, 0.29) is 13.2 Å². The van der Waals surface area contributed by atoms with E-state index < -0.39 is 13.3 Å². The van der Waals surface area contributed by atoms with Gasteiger partial charge in [0.2, 0.25) is 0 Å². The van der Waals surface area contributed by atoms with E-state index in [1.165, 1.54) is 19.9 Å². The first-order valence-electron chi connectivity index (χ1n) is 6.38. The van der Waals surface area contributed by atoms with Gasteiger partial charge in [-0.15, -0.1) is 0 Å². The third-order valence-electron chi connectivity index (χ3n) is 2.62. The highest BCUT2D eigenvalue weighted by Gasteiger charge is 2.51. The SMILES string of the molecule is CCOP(=O)(OCC)C(F)(F)/C=C/c1ccccc1C. The van der Waals surface area contributed by atoms with Crippen LogP contribution in [0.3, 0.4) is 0 Å². The fraction of sp³-hybridized carbons (Fsp3) is 0.429. The summed E-state index contributed by atoms with van der Waals surface area (Å²) < 4.78 is 49.6. The molecule has 0 N–H and O–H groups in total. The molecule has 0 radical (unpaired) electrons. The van der Waals surface area contributed by atoms with Crippen LogP contribution >= 0.6 is 7.60 Å². The quantitative estimate of drug-likeness (QED) is 0.674. The lowest BCUT2D eigenvalue weighted by molar-refractivity contribution is 0.0800. The van der Waals surface area contributed by atoms with E-state index in [9.17, 15) is 13.3 Å². The summed E-state index contributed by atoms with van der Waals surface area (Å²) in [5, 5.41) is 0. The van der Waals surface area contributed by atoms with Crippen molar-refractivity contribution < 1.29 is 22.4 Å². The molecule has 0 aliphatic heterocycles. The first-order valence-corrected chi connectivity index (χ1v) is 7.92. The molecule has 0 saturated carbocycles. The lowest BCUT2D eigenvalue weighted by Gasteiger charge is -2.23. The van der Waals surface area contributed by atoms with Gasteiger partial charge in [-0.25, -0.2) is 0 Å². The molecule has 0 atom stereocenters. The molecule has 0 amide bonds. The van der Waals surface area contributed by atoms with Crippen LogP contribution in [-0.2, 0) is 13.6 Å². The number of aryl methyl sites for hydroxylation is 1. The smallest absolute Gasteiger partial charge is 0.304 e. The van der Waals surface area contributed by atoms with Gasteiger partial charge < -0.3 is 9.05 Å². The Kier molecular flexibility index (Phi) is 6.06. The summed E-state index contributed by atoms with van der Waals surface area (Å²) >= 11 is 0. The second kappa shape index (κ2) is 7.11. The summed E-state index contributed by atoms with van der Waals surface area (Å²) in [5.74, 6) is 0. The molecule has 3 nitrogen and oxygen atoms in total. The first-order chi connectivity index (χ1) is 9.36. The molecule has 20 heavy (non-hydrogen) atoms. The van der Waals surface area contributed by atoms with Crippen molar-refractivity contribution in [3.63, 3.8) is 0 Å². The van der Waals surface area contributed by atoms with Crippen LogP contribution in [0.4, 0.5) is 8.78 Å². The molecule has 0 fully saturated rings. The van der Waals surface area contributed by atoms with Gasteiger partial charge in [0.15, 0.2) is 0 Å². The maximum Gasteiger partial charge on any atom is 0.403 e. The molecule has 0 bridgehead atoms. The highest BCUT2D eigenvalue weighted by molar-refractivity contribution is 7.55. The normalized spacial score (nSPS) is 13.1. The molecule has 0 aromatic heterocycles. The van der Waals surface area contributed by atoms with E-state index in [4.69, 9.17) is 0 Å². The third-order valence-corrected chi connectivity index (χ3v) is 4.69. The molecule has 112 valence electrons. The Bertz CT molecular complexity index is 505. The van der Waals surface area contributed by atoms with E-state index >= 15 is 0 Å². The number of allylic oxidation sites excluding steroid dienone is 1. The largest absolute Gasteiger partial charge is 0.403 e. The van der Waals surface area contributed by atoms with Crippen molar-refractivity contribution in [1.29, 1.82) is 0 Å². The van der Waals surface area contributed by atoms with Gasteiger partial charge >= 0.3 is 13.3 Å². The Hall–Kier alpha value is -1.03. The maximum absolute atomic E-state index is 14.1. The summed E-state index contributed by atoms with van der Waals surface area (Å²) in [6.07, 6.45) is 1.82. The molecular formula is C14H19F2O3P. The number of hydrogen-bond acceptors (Lipinski definition) is 3. The first kappa shape index (κ1) is 17.0. The van der Waals surface area contributed by atoms with Crippen LogP contribution in [0.25, 0.3) is 6.08 Å². The van der Waals surface area contributed by atoms with Crippen LogP contribution in [0.15, 0.2) is 30.3 Å². The second-order valence-corrected chi connectivity index (χ2v) is 6.22. The van der Waals surface area contributed by atoms with E-state index in [1.54, 1.807) is 12.1 Å². The minimum Gasteiger partial charge on any atom is -0.304 e. The topological polar surface area (TPSA) is 35.5 Å². The molecule has 6 heteroatoms. The second-order valence-electron chi connectivity index (χ2n) is 4.11. The predicted molar refractivity (Wildman–Crippen MR) is 76.0 cm³/mol. The fourth-order valence-electron chi connectivity index (χ4n) is 1.60. The minimum absolute atomic E-state index is 0.106. The average molecular weight is 304 g/mol. The monoisotopic (exact) mass is 304 g/mol. The summed E-state index contributed by atoms with van der Waals surface area (Å²) in [7, 11) is -4.49. The third kappa shape index (κ3) is 3.98. The van der Waals surface area contributed by atoms with Crippen LogP contribution in [0.1, 0.15) is 25.0 Å². The van der Waals surface area contributed by atoms with Crippen molar-refractivity contribution in [3.8, 4) is 0 Å².